The van der Waals surface area contributed by atoms with Crippen molar-refractivity contribution in [3.8, 4) is 5.75 Å². The lowest BCUT2D eigenvalue weighted by Gasteiger charge is -2.33. The second-order valence-electron chi connectivity index (χ2n) is 6.01. The molecule has 0 saturated carbocycles. The highest BCUT2D eigenvalue weighted by Gasteiger charge is 2.28. The molecule has 25 heavy (non-hydrogen) atoms. The molecule has 0 radical (unpaired) electrons. The summed E-state index contributed by atoms with van der Waals surface area (Å²) in [4.78, 5) is 6.38. The lowest BCUT2D eigenvalue weighted by Crippen LogP contribution is -2.37. The molecule has 8 nitrogen and oxygen atoms in total. The van der Waals surface area contributed by atoms with Gasteiger partial charge in [0.2, 0.25) is 0 Å². The highest BCUT2D eigenvalue weighted by Crippen LogP contribution is 2.26. The van der Waals surface area contributed by atoms with Gasteiger partial charge in [-0.3, -0.25) is 15.0 Å². The molecule has 0 saturated heterocycles. The zero-order valence-electron chi connectivity index (χ0n) is 13.8. The van der Waals surface area contributed by atoms with Gasteiger partial charge in [-0.2, -0.15) is 5.10 Å². The van der Waals surface area contributed by atoms with Gasteiger partial charge in [0.1, 0.15) is 18.2 Å². The summed E-state index contributed by atoms with van der Waals surface area (Å²) in [6.07, 6.45) is 6.98. The third-order valence-electron chi connectivity index (χ3n) is 4.38. The second kappa shape index (κ2) is 6.81. The first-order valence-electron chi connectivity index (χ1n) is 8.08. The van der Waals surface area contributed by atoms with Crippen LogP contribution >= 0.6 is 11.6 Å². The number of aromatic nitrogens is 6. The maximum Gasteiger partial charge on any atom is 0.171 e. The van der Waals surface area contributed by atoms with Crippen LogP contribution in [0.2, 0.25) is 5.02 Å². The first-order chi connectivity index (χ1) is 12.2. The van der Waals surface area contributed by atoms with Gasteiger partial charge in [0, 0.05) is 43.7 Å². The fourth-order valence-corrected chi connectivity index (χ4v) is 3.19. The fourth-order valence-electron chi connectivity index (χ4n) is 3.03. The Bertz CT molecular complexity index is 848. The minimum atomic E-state index is 0.178. The van der Waals surface area contributed by atoms with E-state index in [0.717, 1.165) is 36.8 Å². The van der Waals surface area contributed by atoms with Crippen LogP contribution in [0.4, 0.5) is 0 Å². The van der Waals surface area contributed by atoms with Gasteiger partial charge in [-0.05, 0) is 6.92 Å². The van der Waals surface area contributed by atoms with Crippen LogP contribution in [0.25, 0.3) is 0 Å². The SMILES string of the molecule is C[C@H]1c2nnc(COc3cncc(Cl)c3)n2CCN1Cc1cn[nH]c1. The maximum atomic E-state index is 5.93. The lowest BCUT2D eigenvalue weighted by atomic mass is 10.2. The Labute approximate surface area is 149 Å². The molecule has 0 unspecified atom stereocenters. The van der Waals surface area contributed by atoms with Crippen molar-refractivity contribution in [3.63, 3.8) is 0 Å². The molecule has 3 aromatic rings. The van der Waals surface area contributed by atoms with E-state index in [4.69, 9.17) is 16.3 Å². The first kappa shape index (κ1) is 16.0. The third-order valence-corrected chi connectivity index (χ3v) is 4.58. The lowest BCUT2D eigenvalue weighted by molar-refractivity contribution is 0.152. The van der Waals surface area contributed by atoms with Crippen LogP contribution in [0.3, 0.4) is 0 Å². The van der Waals surface area contributed by atoms with Gasteiger partial charge in [0.15, 0.2) is 5.82 Å². The van der Waals surface area contributed by atoms with E-state index < -0.39 is 0 Å². The standard InChI is InChI=1S/C16H18ClN7O/c1-11-16-22-21-15(10-25-14-4-13(17)7-18-8-14)24(16)3-2-23(11)9-12-5-19-20-6-12/h4-8,11H,2-3,9-10H2,1H3,(H,19,20)/t11-/m0/s1. The normalized spacial score (nSPS) is 17.4. The summed E-state index contributed by atoms with van der Waals surface area (Å²) in [6.45, 7) is 5.07. The van der Waals surface area contributed by atoms with E-state index >= 15 is 0 Å². The minimum Gasteiger partial charge on any atom is -0.484 e. The summed E-state index contributed by atoms with van der Waals surface area (Å²) in [5.74, 6) is 2.39. The van der Waals surface area contributed by atoms with Crippen molar-refractivity contribution >= 4 is 11.6 Å². The van der Waals surface area contributed by atoms with Crippen LogP contribution in [-0.4, -0.2) is 41.4 Å². The van der Waals surface area contributed by atoms with Crippen molar-refractivity contribution in [1.82, 2.24) is 34.8 Å². The van der Waals surface area contributed by atoms with Gasteiger partial charge in [0.05, 0.1) is 23.5 Å². The number of nitrogens with zero attached hydrogens (tertiary/aromatic N) is 6. The summed E-state index contributed by atoms with van der Waals surface area (Å²) < 4.78 is 7.88. The van der Waals surface area contributed by atoms with E-state index in [1.165, 1.54) is 0 Å². The molecule has 0 aromatic carbocycles. The van der Waals surface area contributed by atoms with Gasteiger partial charge in [0.25, 0.3) is 0 Å². The van der Waals surface area contributed by atoms with Crippen LogP contribution in [0.15, 0.2) is 30.9 Å². The van der Waals surface area contributed by atoms with Crippen molar-refractivity contribution in [2.24, 2.45) is 0 Å². The first-order valence-corrected chi connectivity index (χ1v) is 8.45. The Morgan fingerprint density at radius 2 is 2.20 bits per heavy atom. The van der Waals surface area contributed by atoms with Gasteiger partial charge in [-0.15, -0.1) is 10.2 Å². The Balaban J connectivity index is 1.46. The van der Waals surface area contributed by atoms with Crippen molar-refractivity contribution in [2.45, 2.75) is 32.7 Å². The molecular weight excluding hydrogens is 342 g/mol. The molecule has 1 atom stereocenters. The minimum absolute atomic E-state index is 0.178. The van der Waals surface area contributed by atoms with Crippen LogP contribution < -0.4 is 4.74 Å². The molecule has 0 fully saturated rings. The Morgan fingerprint density at radius 3 is 3.00 bits per heavy atom. The molecule has 0 amide bonds. The van der Waals surface area contributed by atoms with Crippen molar-refractivity contribution in [1.29, 1.82) is 0 Å². The number of ether oxygens (including phenoxy) is 1. The number of H-pyrrole nitrogens is 1. The number of hydrogen-bond acceptors (Lipinski definition) is 6. The number of aromatic amines is 1. The summed E-state index contributed by atoms with van der Waals surface area (Å²) in [6, 6.07) is 1.91. The summed E-state index contributed by atoms with van der Waals surface area (Å²) in [5.41, 5.74) is 1.16. The van der Waals surface area contributed by atoms with E-state index in [-0.39, 0.29) is 6.04 Å². The number of nitrogens with one attached hydrogen (secondary N) is 1. The van der Waals surface area contributed by atoms with E-state index in [1.807, 2.05) is 12.4 Å². The van der Waals surface area contributed by atoms with Gasteiger partial charge >= 0.3 is 0 Å². The molecule has 0 bridgehead atoms. The Morgan fingerprint density at radius 1 is 1.28 bits per heavy atom. The largest absolute Gasteiger partial charge is 0.484 e. The Kier molecular flexibility index (Phi) is 4.37. The summed E-state index contributed by atoms with van der Waals surface area (Å²) in [7, 11) is 0. The fraction of sp³-hybridized carbons (Fsp3) is 0.375. The number of fused-ring (bicyclic) bond motifs is 1. The number of halogens is 1. The predicted octanol–water partition coefficient (Wildman–Crippen LogP) is 2.21. The van der Waals surface area contributed by atoms with Crippen LogP contribution in [0, 0.1) is 0 Å². The molecule has 4 heterocycles. The monoisotopic (exact) mass is 359 g/mol. The molecule has 130 valence electrons. The molecule has 3 aromatic heterocycles. The molecule has 4 rings (SSSR count). The number of hydrogen-bond donors (Lipinski definition) is 1. The highest BCUT2D eigenvalue weighted by molar-refractivity contribution is 6.30. The van der Waals surface area contributed by atoms with Gasteiger partial charge < -0.3 is 9.30 Å². The molecule has 0 spiro atoms. The van der Waals surface area contributed by atoms with Crippen molar-refractivity contribution in [2.75, 3.05) is 6.54 Å². The summed E-state index contributed by atoms with van der Waals surface area (Å²) >= 11 is 5.93. The average Bonchev–Trinajstić information content (AvgIpc) is 3.26. The van der Waals surface area contributed by atoms with E-state index in [9.17, 15) is 0 Å². The predicted molar refractivity (Wildman–Crippen MR) is 91.0 cm³/mol. The maximum absolute atomic E-state index is 5.93. The highest BCUT2D eigenvalue weighted by atomic mass is 35.5. The molecule has 1 N–H and O–H groups in total. The zero-order valence-corrected chi connectivity index (χ0v) is 14.5. The van der Waals surface area contributed by atoms with Gasteiger partial charge in [-0.25, -0.2) is 0 Å². The summed E-state index contributed by atoms with van der Waals surface area (Å²) in [5, 5.41) is 16.1. The molecule has 9 heteroatoms. The van der Waals surface area contributed by atoms with E-state index in [1.54, 1.807) is 18.5 Å². The van der Waals surface area contributed by atoms with Crippen LogP contribution in [0.5, 0.6) is 5.75 Å². The third kappa shape index (κ3) is 3.35. The molecular formula is C16H18ClN7O. The topological polar surface area (TPSA) is 84.8 Å². The zero-order chi connectivity index (χ0) is 17.2. The Hall–Kier alpha value is -2.45. The van der Waals surface area contributed by atoms with Crippen molar-refractivity contribution in [3.05, 3.63) is 53.1 Å². The molecule has 1 aliphatic heterocycles. The van der Waals surface area contributed by atoms with Crippen LogP contribution in [0.1, 0.15) is 30.2 Å². The number of rotatable bonds is 5. The van der Waals surface area contributed by atoms with Crippen LogP contribution in [-0.2, 0) is 19.7 Å². The van der Waals surface area contributed by atoms with E-state index in [0.29, 0.717) is 17.4 Å². The van der Waals surface area contributed by atoms with Gasteiger partial charge in [-0.1, -0.05) is 11.6 Å². The quantitative estimate of drug-likeness (QED) is 0.751. The molecule has 0 aliphatic carbocycles. The molecule has 1 aliphatic rings. The van der Waals surface area contributed by atoms with Crippen molar-refractivity contribution < 1.29 is 4.74 Å². The average molecular weight is 360 g/mol. The van der Waals surface area contributed by atoms with E-state index in [2.05, 4.69) is 41.8 Å². The smallest absolute Gasteiger partial charge is 0.171 e. The second-order valence-corrected chi connectivity index (χ2v) is 6.44. The number of pyridine rings is 1.